The third kappa shape index (κ3) is 10.3. The molecule has 0 aliphatic carbocycles. The molecular formula is C14H27NO9P. The maximum atomic E-state index is 12.3. The number of carbonyl (C=O) groups excluding carboxylic acids is 2. The minimum Gasteiger partial charge on any atom is -0.435 e. The largest absolute Gasteiger partial charge is 0.510 e. The molecule has 1 radical (unpaired) electrons. The van der Waals surface area contributed by atoms with E-state index in [0.717, 1.165) is 0 Å². The van der Waals surface area contributed by atoms with Gasteiger partial charge in [-0.05, 0) is 13.8 Å². The van der Waals surface area contributed by atoms with Crippen LogP contribution >= 0.6 is 7.75 Å². The minimum atomic E-state index is -4.48. The fourth-order valence-electron chi connectivity index (χ4n) is 1.35. The standard InChI is InChI=1S/C14H27NO9P/c1-7-19-13(16)21-11(9(3)4)23-25(15,18)24-12(10(5)6)22-14(17)20-8-2/h9-12,15H,7-8H2,1-6H3. The number of ether oxygens (including phenoxy) is 4. The van der Waals surface area contributed by atoms with Crippen LogP contribution in [0.4, 0.5) is 9.59 Å². The van der Waals surface area contributed by atoms with E-state index < -0.39 is 44.5 Å². The van der Waals surface area contributed by atoms with E-state index in [9.17, 15) is 14.2 Å². The summed E-state index contributed by atoms with van der Waals surface area (Å²) >= 11 is 0. The predicted octanol–water partition coefficient (Wildman–Crippen LogP) is 3.72. The lowest BCUT2D eigenvalue weighted by Gasteiger charge is -2.27. The van der Waals surface area contributed by atoms with Gasteiger partial charge >= 0.3 is 20.1 Å². The molecule has 2 atom stereocenters. The van der Waals surface area contributed by atoms with E-state index in [1.165, 1.54) is 0 Å². The van der Waals surface area contributed by atoms with Crippen LogP contribution in [0.15, 0.2) is 0 Å². The molecule has 0 heterocycles. The highest BCUT2D eigenvalue weighted by Gasteiger charge is 2.35. The molecular weight excluding hydrogens is 357 g/mol. The maximum absolute atomic E-state index is 12.3. The summed E-state index contributed by atoms with van der Waals surface area (Å²) in [5.74, 6) is -0.870. The van der Waals surface area contributed by atoms with Gasteiger partial charge in [0.15, 0.2) is 0 Å². The van der Waals surface area contributed by atoms with Crippen LogP contribution in [-0.2, 0) is 32.6 Å². The summed E-state index contributed by atoms with van der Waals surface area (Å²) < 4.78 is 41.2. The summed E-state index contributed by atoms with van der Waals surface area (Å²) in [6.45, 7) is 9.84. The molecule has 2 unspecified atom stereocenters. The number of rotatable bonds is 10. The summed E-state index contributed by atoms with van der Waals surface area (Å²) in [5, 5.41) is 0. The third-order valence-corrected chi connectivity index (χ3v) is 3.49. The molecule has 0 aliphatic heterocycles. The molecule has 0 rings (SSSR count). The second kappa shape index (κ2) is 11.3. The Labute approximate surface area is 147 Å². The Kier molecular flexibility index (Phi) is 10.7. The lowest BCUT2D eigenvalue weighted by atomic mass is 10.2. The highest BCUT2D eigenvalue weighted by molar-refractivity contribution is 7.50. The van der Waals surface area contributed by atoms with Crippen molar-refractivity contribution in [1.29, 1.82) is 0 Å². The minimum absolute atomic E-state index is 0.0848. The van der Waals surface area contributed by atoms with Gasteiger partial charge in [0, 0.05) is 11.8 Å². The first-order chi connectivity index (χ1) is 11.5. The molecule has 0 aromatic heterocycles. The van der Waals surface area contributed by atoms with Gasteiger partial charge in [-0.1, -0.05) is 27.7 Å². The van der Waals surface area contributed by atoms with Gasteiger partial charge in [-0.2, -0.15) is 0 Å². The van der Waals surface area contributed by atoms with E-state index in [1.54, 1.807) is 41.5 Å². The molecule has 0 aromatic rings. The number of carbonyl (C=O) groups is 2. The molecule has 10 nitrogen and oxygen atoms in total. The zero-order valence-electron chi connectivity index (χ0n) is 15.3. The van der Waals surface area contributed by atoms with Crippen LogP contribution in [0.25, 0.3) is 0 Å². The zero-order valence-corrected chi connectivity index (χ0v) is 16.2. The first kappa shape index (κ1) is 23.6. The van der Waals surface area contributed by atoms with Crippen molar-refractivity contribution in [3.05, 3.63) is 0 Å². The van der Waals surface area contributed by atoms with Crippen molar-refractivity contribution in [2.45, 2.75) is 54.1 Å². The Morgan fingerprint density at radius 3 is 1.40 bits per heavy atom. The van der Waals surface area contributed by atoms with Crippen molar-refractivity contribution >= 4 is 20.1 Å². The zero-order chi connectivity index (χ0) is 19.6. The summed E-state index contributed by atoms with van der Waals surface area (Å²) in [6, 6.07) is 0. The van der Waals surface area contributed by atoms with Crippen LogP contribution in [0.2, 0.25) is 0 Å². The Hall–Kier alpha value is -1.35. The van der Waals surface area contributed by atoms with Crippen molar-refractivity contribution in [3.8, 4) is 0 Å². The first-order valence-corrected chi connectivity index (χ1v) is 9.45. The number of hydrogen-bond donors (Lipinski definition) is 0. The van der Waals surface area contributed by atoms with Crippen LogP contribution in [0, 0.1) is 11.8 Å². The monoisotopic (exact) mass is 384 g/mol. The van der Waals surface area contributed by atoms with E-state index in [1.807, 2.05) is 0 Å². The normalized spacial score (nSPS) is 16.0. The van der Waals surface area contributed by atoms with Gasteiger partial charge in [0.1, 0.15) is 0 Å². The smallest absolute Gasteiger partial charge is 0.435 e. The van der Waals surface area contributed by atoms with Crippen LogP contribution in [0.5, 0.6) is 0 Å². The van der Waals surface area contributed by atoms with Gasteiger partial charge in [-0.3, -0.25) is 9.05 Å². The molecule has 0 aromatic carbocycles. The molecule has 11 heteroatoms. The van der Waals surface area contributed by atoms with Gasteiger partial charge < -0.3 is 18.9 Å². The third-order valence-electron chi connectivity index (χ3n) is 2.52. The van der Waals surface area contributed by atoms with Gasteiger partial charge in [-0.15, -0.1) is 5.50 Å². The van der Waals surface area contributed by atoms with Crippen molar-refractivity contribution < 1.29 is 42.1 Å². The molecule has 0 saturated carbocycles. The number of nitrogens with one attached hydrogen (secondary N) is 1. The fraction of sp³-hybridized carbons (Fsp3) is 0.857. The van der Waals surface area contributed by atoms with E-state index in [4.69, 9.17) is 24.0 Å². The van der Waals surface area contributed by atoms with Crippen molar-refractivity contribution in [2.24, 2.45) is 11.8 Å². The molecule has 0 saturated heterocycles. The quantitative estimate of drug-likeness (QED) is 0.314. The second-order valence-electron chi connectivity index (χ2n) is 5.53. The van der Waals surface area contributed by atoms with Crippen molar-refractivity contribution in [1.82, 2.24) is 5.50 Å². The lowest BCUT2D eigenvalue weighted by Crippen LogP contribution is -2.30. The van der Waals surface area contributed by atoms with Crippen molar-refractivity contribution in [2.75, 3.05) is 13.2 Å². The van der Waals surface area contributed by atoms with Gasteiger partial charge in [0.2, 0.25) is 12.6 Å². The molecule has 0 fully saturated rings. The summed E-state index contributed by atoms with van der Waals surface area (Å²) in [4.78, 5) is 22.8. The molecule has 1 N–H and O–H groups in total. The Bertz CT molecular complexity index is 431. The highest BCUT2D eigenvalue weighted by atomic mass is 31.2. The fourth-order valence-corrected chi connectivity index (χ4v) is 2.52. The topological polar surface area (TPSA) is 130 Å². The average molecular weight is 384 g/mol. The summed E-state index contributed by atoms with van der Waals surface area (Å²) in [5.41, 5.74) is 7.71. The maximum Gasteiger partial charge on any atom is 0.510 e. The Morgan fingerprint density at radius 2 is 1.16 bits per heavy atom. The highest BCUT2D eigenvalue weighted by Crippen LogP contribution is 2.47. The Balaban J connectivity index is 4.95. The van der Waals surface area contributed by atoms with Crippen molar-refractivity contribution in [3.63, 3.8) is 0 Å². The number of hydrogen-bond acceptors (Lipinski definition) is 9. The first-order valence-electron chi connectivity index (χ1n) is 7.91. The van der Waals surface area contributed by atoms with Crippen LogP contribution < -0.4 is 5.50 Å². The Morgan fingerprint density at radius 1 is 0.840 bits per heavy atom. The van der Waals surface area contributed by atoms with Gasteiger partial charge in [-0.25, -0.2) is 14.2 Å². The second-order valence-corrected chi connectivity index (χ2v) is 6.95. The van der Waals surface area contributed by atoms with E-state index in [2.05, 4.69) is 9.47 Å². The lowest BCUT2D eigenvalue weighted by molar-refractivity contribution is -0.121. The molecule has 0 amide bonds. The predicted molar refractivity (Wildman–Crippen MR) is 86.3 cm³/mol. The van der Waals surface area contributed by atoms with E-state index >= 15 is 0 Å². The van der Waals surface area contributed by atoms with Crippen LogP contribution in [0.3, 0.4) is 0 Å². The van der Waals surface area contributed by atoms with Gasteiger partial charge in [0.05, 0.1) is 13.2 Å². The molecule has 0 spiro atoms. The van der Waals surface area contributed by atoms with Crippen LogP contribution in [0.1, 0.15) is 41.5 Å². The average Bonchev–Trinajstić information content (AvgIpc) is 2.45. The molecule has 25 heavy (non-hydrogen) atoms. The molecule has 0 aliphatic rings. The van der Waals surface area contributed by atoms with E-state index in [0.29, 0.717) is 0 Å². The van der Waals surface area contributed by atoms with Crippen LogP contribution in [-0.4, -0.2) is 38.1 Å². The molecule has 0 bridgehead atoms. The molecule has 147 valence electrons. The SMILES string of the molecule is CCOC(=O)OC(OP([NH])(=O)OC(OC(=O)OCC)C(C)C)C(C)C. The summed E-state index contributed by atoms with van der Waals surface area (Å²) in [6.07, 6.45) is -4.72. The van der Waals surface area contributed by atoms with Gasteiger partial charge in [0.25, 0.3) is 0 Å². The van der Waals surface area contributed by atoms with E-state index in [-0.39, 0.29) is 13.2 Å². The summed E-state index contributed by atoms with van der Waals surface area (Å²) in [7, 11) is -4.48.